The molecule has 0 saturated carbocycles. The van der Waals surface area contributed by atoms with Crippen molar-refractivity contribution in [3.05, 3.63) is 60.2 Å². The molecule has 0 amide bonds. The fourth-order valence-electron chi connectivity index (χ4n) is 3.07. The normalized spacial score (nSPS) is 21.5. The highest BCUT2D eigenvalue weighted by atomic mass is 32.2. The van der Waals surface area contributed by atoms with Crippen LogP contribution in [-0.4, -0.2) is 26.5 Å². The second-order valence-corrected chi connectivity index (χ2v) is 15.1. The van der Waals surface area contributed by atoms with Gasteiger partial charge in [0.05, 0.1) is 12.8 Å². The number of rotatable bonds is 5. The largest absolute Gasteiger partial charge is 0.315 e. The Morgan fingerprint density at radius 3 is 2.17 bits per heavy atom. The van der Waals surface area contributed by atoms with E-state index in [0.717, 1.165) is 13.1 Å². The first-order chi connectivity index (χ1) is 11.0. The Morgan fingerprint density at radius 2 is 1.61 bits per heavy atom. The summed E-state index contributed by atoms with van der Waals surface area (Å²) in [7, 11) is -1.03. The van der Waals surface area contributed by atoms with Gasteiger partial charge in [0.2, 0.25) is 0 Å². The van der Waals surface area contributed by atoms with Gasteiger partial charge in [0, 0.05) is 6.54 Å². The van der Waals surface area contributed by atoms with Crippen LogP contribution in [0.3, 0.4) is 0 Å². The second kappa shape index (κ2) is 6.84. The number of thioether (sulfide) groups is 1. The molecule has 1 aliphatic heterocycles. The summed E-state index contributed by atoms with van der Waals surface area (Å²) >= 11 is 2.19. The topological polar surface area (TPSA) is 12.0 Å². The van der Waals surface area contributed by atoms with E-state index in [1.807, 2.05) is 0 Å². The first-order valence-electron chi connectivity index (χ1n) is 8.49. The minimum atomic E-state index is -1.03. The zero-order chi connectivity index (χ0) is 16.3. The summed E-state index contributed by atoms with van der Waals surface area (Å²) in [5.74, 6) is 0. The molecule has 23 heavy (non-hydrogen) atoms. The molecule has 0 aromatic heterocycles. The lowest BCUT2D eigenvalue weighted by molar-refractivity contribution is 0.693. The van der Waals surface area contributed by atoms with Crippen molar-refractivity contribution >= 4 is 19.8 Å². The standard InChI is InChI=1S/C20H27NSSi/c1-23(2,3)16-22-20(13-14-21-15-20)19-11-9-18(10-12-19)17-7-5-4-6-8-17/h4-12,21H,13-16H2,1-3H3. The van der Waals surface area contributed by atoms with Crippen molar-refractivity contribution in [2.75, 3.05) is 18.5 Å². The van der Waals surface area contributed by atoms with Gasteiger partial charge < -0.3 is 5.32 Å². The maximum absolute atomic E-state index is 3.59. The third-order valence-electron chi connectivity index (χ3n) is 4.42. The van der Waals surface area contributed by atoms with Gasteiger partial charge in [-0.25, -0.2) is 0 Å². The van der Waals surface area contributed by atoms with Gasteiger partial charge in [-0.05, 0) is 35.0 Å². The van der Waals surface area contributed by atoms with Crippen molar-refractivity contribution in [3.8, 4) is 11.1 Å². The number of benzene rings is 2. The Kier molecular flexibility index (Phi) is 5.00. The monoisotopic (exact) mass is 341 g/mol. The molecule has 2 aromatic carbocycles. The van der Waals surface area contributed by atoms with Crippen LogP contribution >= 0.6 is 11.8 Å². The summed E-state index contributed by atoms with van der Waals surface area (Å²) < 4.78 is 0.273. The zero-order valence-electron chi connectivity index (χ0n) is 14.4. The van der Waals surface area contributed by atoms with Crippen molar-refractivity contribution in [3.63, 3.8) is 0 Å². The third kappa shape index (κ3) is 4.09. The second-order valence-electron chi connectivity index (χ2n) is 7.71. The van der Waals surface area contributed by atoms with E-state index in [9.17, 15) is 0 Å². The van der Waals surface area contributed by atoms with Crippen molar-refractivity contribution in [1.29, 1.82) is 0 Å². The number of nitrogens with one attached hydrogen (secondary N) is 1. The minimum absolute atomic E-state index is 0.273. The van der Waals surface area contributed by atoms with Crippen LogP contribution in [0.15, 0.2) is 54.6 Å². The fourth-order valence-corrected chi connectivity index (χ4v) is 6.66. The molecule has 1 N–H and O–H groups in total. The Balaban J connectivity index is 1.83. The highest BCUT2D eigenvalue weighted by Crippen LogP contribution is 2.43. The summed E-state index contributed by atoms with van der Waals surface area (Å²) in [5.41, 5.74) is 4.10. The molecule has 2 aromatic rings. The van der Waals surface area contributed by atoms with Crippen LogP contribution in [0, 0.1) is 0 Å². The lowest BCUT2D eigenvalue weighted by Crippen LogP contribution is -2.32. The maximum atomic E-state index is 3.59. The van der Waals surface area contributed by atoms with E-state index in [1.54, 1.807) is 0 Å². The van der Waals surface area contributed by atoms with E-state index >= 15 is 0 Å². The lowest BCUT2D eigenvalue weighted by atomic mass is 9.95. The van der Waals surface area contributed by atoms with Crippen molar-refractivity contribution in [2.24, 2.45) is 0 Å². The van der Waals surface area contributed by atoms with Gasteiger partial charge in [0.1, 0.15) is 0 Å². The lowest BCUT2D eigenvalue weighted by Gasteiger charge is -2.31. The molecule has 3 heteroatoms. The van der Waals surface area contributed by atoms with E-state index in [-0.39, 0.29) is 4.75 Å². The summed E-state index contributed by atoms with van der Waals surface area (Å²) in [6, 6.07) is 19.9. The van der Waals surface area contributed by atoms with E-state index in [0.29, 0.717) is 0 Å². The first-order valence-corrected chi connectivity index (χ1v) is 13.2. The van der Waals surface area contributed by atoms with Crippen molar-refractivity contribution < 1.29 is 0 Å². The van der Waals surface area contributed by atoms with E-state index in [1.165, 1.54) is 28.5 Å². The Labute approximate surface area is 145 Å². The smallest absolute Gasteiger partial charge is 0.0548 e. The summed E-state index contributed by atoms with van der Waals surface area (Å²) in [6.07, 6.45) is 1.24. The van der Waals surface area contributed by atoms with Gasteiger partial charge in [-0.1, -0.05) is 74.2 Å². The molecule has 0 bridgehead atoms. The number of hydrogen-bond acceptors (Lipinski definition) is 2. The molecule has 1 fully saturated rings. The average Bonchev–Trinajstić information content (AvgIpc) is 3.04. The van der Waals surface area contributed by atoms with E-state index in [4.69, 9.17) is 0 Å². The minimum Gasteiger partial charge on any atom is -0.315 e. The zero-order valence-corrected chi connectivity index (χ0v) is 16.2. The predicted molar refractivity (Wildman–Crippen MR) is 107 cm³/mol. The Hall–Kier alpha value is -1.03. The molecule has 1 aliphatic rings. The van der Waals surface area contributed by atoms with Crippen LogP contribution in [0.25, 0.3) is 11.1 Å². The van der Waals surface area contributed by atoms with Crippen LogP contribution in [-0.2, 0) is 4.75 Å². The predicted octanol–water partition coefficient (Wildman–Crippen LogP) is 5.15. The molecule has 0 aliphatic carbocycles. The molecule has 1 atom stereocenters. The van der Waals surface area contributed by atoms with Crippen molar-refractivity contribution in [2.45, 2.75) is 30.8 Å². The molecule has 1 saturated heterocycles. The van der Waals surface area contributed by atoms with Crippen LogP contribution in [0.1, 0.15) is 12.0 Å². The SMILES string of the molecule is C[Si](C)(C)CSC1(c2ccc(-c3ccccc3)cc2)CCNC1. The highest BCUT2D eigenvalue weighted by molar-refractivity contribution is 8.01. The third-order valence-corrected chi connectivity index (χ3v) is 9.59. The van der Waals surface area contributed by atoms with E-state index in [2.05, 4.69) is 91.3 Å². The van der Waals surface area contributed by atoms with Crippen molar-refractivity contribution in [1.82, 2.24) is 5.32 Å². The first kappa shape index (κ1) is 16.8. The molecular weight excluding hydrogens is 314 g/mol. The summed E-state index contributed by atoms with van der Waals surface area (Å²) in [5, 5.41) is 4.92. The molecular formula is C20H27NSSi. The maximum Gasteiger partial charge on any atom is 0.0548 e. The van der Waals surface area contributed by atoms with Gasteiger partial charge in [-0.2, -0.15) is 11.8 Å². The molecule has 0 spiro atoms. The average molecular weight is 342 g/mol. The molecule has 0 radical (unpaired) electrons. The fraction of sp³-hybridized carbons (Fsp3) is 0.400. The number of hydrogen-bond donors (Lipinski definition) is 1. The van der Waals surface area contributed by atoms with Gasteiger partial charge in [0.15, 0.2) is 0 Å². The van der Waals surface area contributed by atoms with Crippen LogP contribution in [0.2, 0.25) is 19.6 Å². The molecule has 1 unspecified atom stereocenters. The van der Waals surface area contributed by atoms with E-state index < -0.39 is 8.07 Å². The van der Waals surface area contributed by atoms with Gasteiger partial charge >= 0.3 is 0 Å². The molecule has 3 rings (SSSR count). The molecule has 122 valence electrons. The quantitative estimate of drug-likeness (QED) is 0.755. The van der Waals surface area contributed by atoms with Gasteiger partial charge in [-0.15, -0.1) is 0 Å². The molecule has 1 heterocycles. The van der Waals surface area contributed by atoms with Gasteiger partial charge in [-0.3, -0.25) is 0 Å². The Morgan fingerprint density at radius 1 is 0.957 bits per heavy atom. The van der Waals surface area contributed by atoms with Crippen LogP contribution < -0.4 is 5.32 Å². The summed E-state index contributed by atoms with van der Waals surface area (Å²) in [6.45, 7) is 9.64. The van der Waals surface area contributed by atoms with Gasteiger partial charge in [0.25, 0.3) is 0 Å². The van der Waals surface area contributed by atoms with Crippen LogP contribution in [0.5, 0.6) is 0 Å². The van der Waals surface area contributed by atoms with Crippen LogP contribution in [0.4, 0.5) is 0 Å². The highest BCUT2D eigenvalue weighted by Gasteiger charge is 2.37. The Bertz CT molecular complexity index is 625. The molecule has 1 nitrogen and oxygen atoms in total. The summed E-state index contributed by atoms with van der Waals surface area (Å²) in [4.78, 5) is 0.